The number of hydrogen-bond donors (Lipinski definition) is 1. The van der Waals surface area contributed by atoms with Gasteiger partial charge in [-0.25, -0.2) is 4.98 Å². The van der Waals surface area contributed by atoms with Gasteiger partial charge in [-0.3, -0.25) is 4.90 Å². The average molecular weight is 309 g/mol. The lowest BCUT2D eigenvalue weighted by atomic mass is 9.91. The van der Waals surface area contributed by atoms with Crippen molar-refractivity contribution < 1.29 is 5.11 Å². The third-order valence-corrected chi connectivity index (χ3v) is 6.06. The van der Waals surface area contributed by atoms with Crippen LogP contribution in [0.15, 0.2) is 0 Å². The van der Waals surface area contributed by atoms with E-state index in [-0.39, 0.29) is 12.0 Å². The van der Waals surface area contributed by atoms with Crippen LogP contribution in [0.5, 0.6) is 0 Å². The van der Waals surface area contributed by atoms with E-state index in [4.69, 9.17) is 4.98 Å². The predicted molar refractivity (Wildman–Crippen MR) is 88.1 cm³/mol. The number of aromatic nitrogens is 1. The fraction of sp³-hybridized carbons (Fsp3) is 0.812. The van der Waals surface area contributed by atoms with Crippen LogP contribution in [0.1, 0.15) is 50.6 Å². The molecular formula is C16H27N3OS. The van der Waals surface area contributed by atoms with Gasteiger partial charge in [0.15, 0.2) is 5.13 Å². The molecule has 2 aliphatic rings. The van der Waals surface area contributed by atoms with Crippen molar-refractivity contribution in [3.05, 3.63) is 10.6 Å². The van der Waals surface area contributed by atoms with Crippen molar-refractivity contribution >= 4 is 16.5 Å². The first-order chi connectivity index (χ1) is 9.90. The first-order valence-corrected chi connectivity index (χ1v) is 8.79. The van der Waals surface area contributed by atoms with E-state index in [1.807, 2.05) is 0 Å². The summed E-state index contributed by atoms with van der Waals surface area (Å²) in [6.07, 6.45) is 3.88. The van der Waals surface area contributed by atoms with Crippen molar-refractivity contribution in [2.45, 2.75) is 64.1 Å². The van der Waals surface area contributed by atoms with Crippen LogP contribution in [-0.2, 0) is 12.0 Å². The SMILES string of the molecule is CN1C2CCC1CN(c1nc(C(C)(C)C)c(CO)s1)CC2. The highest BCUT2D eigenvalue weighted by Crippen LogP contribution is 2.36. The van der Waals surface area contributed by atoms with E-state index in [9.17, 15) is 5.11 Å². The van der Waals surface area contributed by atoms with Crippen molar-refractivity contribution in [3.63, 3.8) is 0 Å². The number of anilines is 1. The minimum absolute atomic E-state index is 0.00550. The molecule has 3 heterocycles. The largest absolute Gasteiger partial charge is 0.391 e. The van der Waals surface area contributed by atoms with Gasteiger partial charge in [0.1, 0.15) is 0 Å². The van der Waals surface area contributed by atoms with Crippen LogP contribution >= 0.6 is 11.3 Å². The monoisotopic (exact) mass is 309 g/mol. The molecule has 1 N–H and O–H groups in total. The van der Waals surface area contributed by atoms with E-state index >= 15 is 0 Å². The fourth-order valence-electron chi connectivity index (χ4n) is 3.65. The number of aliphatic hydroxyl groups is 1. The summed E-state index contributed by atoms with van der Waals surface area (Å²) < 4.78 is 0. The predicted octanol–water partition coefficient (Wildman–Crippen LogP) is 2.61. The first kappa shape index (κ1) is 15.3. The van der Waals surface area contributed by atoms with Gasteiger partial charge >= 0.3 is 0 Å². The molecule has 2 atom stereocenters. The molecule has 0 amide bonds. The Hall–Kier alpha value is -0.650. The number of aliphatic hydroxyl groups excluding tert-OH is 1. The van der Waals surface area contributed by atoms with Gasteiger partial charge in [0.25, 0.3) is 0 Å². The number of hydrogen-bond acceptors (Lipinski definition) is 5. The Kier molecular flexibility index (Phi) is 4.01. The van der Waals surface area contributed by atoms with E-state index in [1.54, 1.807) is 11.3 Å². The summed E-state index contributed by atoms with van der Waals surface area (Å²) in [4.78, 5) is 10.9. The molecule has 5 heteroatoms. The van der Waals surface area contributed by atoms with Crippen molar-refractivity contribution in [2.75, 3.05) is 25.0 Å². The third kappa shape index (κ3) is 2.83. The Morgan fingerprint density at radius 2 is 1.95 bits per heavy atom. The maximum Gasteiger partial charge on any atom is 0.185 e. The molecule has 2 unspecified atom stereocenters. The molecule has 118 valence electrons. The Morgan fingerprint density at radius 1 is 1.24 bits per heavy atom. The van der Waals surface area contributed by atoms with Crippen LogP contribution in [0.3, 0.4) is 0 Å². The van der Waals surface area contributed by atoms with Gasteiger partial charge in [-0.15, -0.1) is 0 Å². The zero-order valence-electron chi connectivity index (χ0n) is 13.6. The molecule has 1 aromatic rings. The maximum absolute atomic E-state index is 9.64. The zero-order chi connectivity index (χ0) is 15.2. The number of nitrogens with zero attached hydrogens (tertiary/aromatic N) is 3. The lowest BCUT2D eigenvalue weighted by Gasteiger charge is -2.25. The molecule has 0 radical (unpaired) electrons. The minimum atomic E-state index is -0.00550. The van der Waals surface area contributed by atoms with Crippen LogP contribution in [0.25, 0.3) is 0 Å². The second-order valence-electron chi connectivity index (χ2n) is 7.46. The van der Waals surface area contributed by atoms with Crippen LogP contribution in [0, 0.1) is 0 Å². The van der Waals surface area contributed by atoms with Gasteiger partial charge in [-0.2, -0.15) is 0 Å². The highest BCUT2D eigenvalue weighted by molar-refractivity contribution is 7.15. The van der Waals surface area contributed by atoms with Crippen molar-refractivity contribution in [1.29, 1.82) is 0 Å². The molecule has 21 heavy (non-hydrogen) atoms. The summed E-state index contributed by atoms with van der Waals surface area (Å²) in [6, 6.07) is 1.41. The molecule has 0 saturated carbocycles. The van der Waals surface area contributed by atoms with E-state index in [0.717, 1.165) is 34.8 Å². The van der Waals surface area contributed by atoms with Gasteiger partial charge in [0, 0.05) is 30.6 Å². The summed E-state index contributed by atoms with van der Waals surface area (Å²) in [6.45, 7) is 8.78. The second kappa shape index (κ2) is 5.52. The van der Waals surface area contributed by atoms with Crippen LogP contribution in [0.2, 0.25) is 0 Å². The molecule has 2 fully saturated rings. The summed E-state index contributed by atoms with van der Waals surface area (Å²) in [5.74, 6) is 0. The van der Waals surface area contributed by atoms with Gasteiger partial charge in [0.2, 0.25) is 0 Å². The molecule has 4 nitrogen and oxygen atoms in total. The Labute approximate surface area is 131 Å². The van der Waals surface area contributed by atoms with Crippen LogP contribution in [-0.4, -0.2) is 47.2 Å². The topological polar surface area (TPSA) is 39.6 Å². The van der Waals surface area contributed by atoms with Gasteiger partial charge < -0.3 is 10.0 Å². The highest BCUT2D eigenvalue weighted by Gasteiger charge is 2.36. The van der Waals surface area contributed by atoms with Crippen molar-refractivity contribution in [2.24, 2.45) is 0 Å². The molecule has 2 bridgehead atoms. The van der Waals surface area contributed by atoms with Gasteiger partial charge in [0.05, 0.1) is 17.2 Å². The second-order valence-corrected chi connectivity index (χ2v) is 8.52. The third-order valence-electron chi connectivity index (χ3n) is 4.96. The van der Waals surface area contributed by atoms with E-state index in [0.29, 0.717) is 6.04 Å². The molecule has 0 spiro atoms. The zero-order valence-corrected chi connectivity index (χ0v) is 14.4. The number of rotatable bonds is 2. The van der Waals surface area contributed by atoms with E-state index in [1.165, 1.54) is 19.3 Å². The molecule has 2 aliphatic heterocycles. The Morgan fingerprint density at radius 3 is 2.57 bits per heavy atom. The van der Waals surface area contributed by atoms with Crippen LogP contribution < -0.4 is 4.90 Å². The molecule has 1 aromatic heterocycles. The van der Waals surface area contributed by atoms with Crippen molar-refractivity contribution in [1.82, 2.24) is 9.88 Å². The quantitative estimate of drug-likeness (QED) is 0.911. The molecule has 0 aromatic carbocycles. The number of fused-ring (bicyclic) bond motifs is 2. The highest BCUT2D eigenvalue weighted by atomic mass is 32.1. The normalized spacial score (nSPS) is 27.2. The first-order valence-electron chi connectivity index (χ1n) is 7.98. The van der Waals surface area contributed by atoms with Gasteiger partial charge in [-0.05, 0) is 26.3 Å². The molecule has 3 rings (SSSR count). The molecule has 2 saturated heterocycles. The van der Waals surface area contributed by atoms with E-state index in [2.05, 4.69) is 37.6 Å². The summed E-state index contributed by atoms with van der Waals surface area (Å²) in [5, 5.41) is 10.7. The lowest BCUT2D eigenvalue weighted by Crippen LogP contribution is -2.36. The number of thiazole rings is 1. The van der Waals surface area contributed by atoms with Crippen molar-refractivity contribution in [3.8, 4) is 0 Å². The Bertz CT molecular complexity index is 508. The van der Waals surface area contributed by atoms with E-state index < -0.39 is 0 Å². The smallest absolute Gasteiger partial charge is 0.185 e. The molecule has 0 aliphatic carbocycles. The minimum Gasteiger partial charge on any atom is -0.391 e. The summed E-state index contributed by atoms with van der Waals surface area (Å²) in [7, 11) is 2.27. The maximum atomic E-state index is 9.64. The average Bonchev–Trinajstić information content (AvgIpc) is 2.92. The standard InChI is InChI=1S/C16H27N3OS/c1-16(2,3)14-13(10-20)21-15(17-14)19-8-7-11-5-6-12(9-19)18(11)4/h11-12,20H,5-10H2,1-4H3. The van der Waals surface area contributed by atoms with Crippen LogP contribution in [0.4, 0.5) is 5.13 Å². The molecular weight excluding hydrogens is 282 g/mol. The lowest BCUT2D eigenvalue weighted by molar-refractivity contribution is 0.254. The van der Waals surface area contributed by atoms with Gasteiger partial charge in [-0.1, -0.05) is 32.1 Å². The fourth-order valence-corrected chi connectivity index (χ4v) is 4.82. The summed E-state index contributed by atoms with van der Waals surface area (Å²) >= 11 is 1.68. The summed E-state index contributed by atoms with van der Waals surface area (Å²) in [5.41, 5.74) is 1.06. The Balaban J connectivity index is 1.86. The number of likely N-dealkylation sites (N-methyl/N-ethyl adjacent to an activating group) is 1.